The second-order valence-corrected chi connectivity index (χ2v) is 5.21. The summed E-state index contributed by atoms with van der Waals surface area (Å²) in [5.41, 5.74) is 2.14. The van der Waals surface area contributed by atoms with E-state index in [1.165, 1.54) is 5.56 Å². The van der Waals surface area contributed by atoms with Crippen molar-refractivity contribution in [2.24, 2.45) is 0 Å². The number of aliphatic hydroxyl groups excluding tert-OH is 1. The summed E-state index contributed by atoms with van der Waals surface area (Å²) in [5.74, 6) is 0. The van der Waals surface area contributed by atoms with E-state index < -0.39 is 5.54 Å². The maximum absolute atomic E-state index is 12.2. The zero-order chi connectivity index (χ0) is 14.7. The minimum absolute atomic E-state index is 0.117. The van der Waals surface area contributed by atoms with Crippen LogP contribution in [0.5, 0.6) is 0 Å². The Morgan fingerprint density at radius 3 is 2.76 bits per heavy atom. The van der Waals surface area contributed by atoms with Gasteiger partial charge in [-0.15, -0.1) is 0 Å². The van der Waals surface area contributed by atoms with Gasteiger partial charge >= 0.3 is 6.03 Å². The van der Waals surface area contributed by atoms with Crippen LogP contribution in [0.1, 0.15) is 17.5 Å². The molecule has 1 heterocycles. The number of anilines is 1. The predicted molar refractivity (Wildman–Crippen MR) is 79.9 cm³/mol. The van der Waals surface area contributed by atoms with Gasteiger partial charge < -0.3 is 15.7 Å². The molecule has 2 amide bonds. The fourth-order valence-corrected chi connectivity index (χ4v) is 2.84. The molecule has 0 bridgehead atoms. The third kappa shape index (κ3) is 2.60. The molecular formula is C16H17N3O2. The zero-order valence-electron chi connectivity index (χ0n) is 11.5. The summed E-state index contributed by atoms with van der Waals surface area (Å²) in [7, 11) is 0. The Morgan fingerprint density at radius 2 is 2.00 bits per heavy atom. The van der Waals surface area contributed by atoms with Crippen LogP contribution < -0.4 is 10.6 Å². The summed E-state index contributed by atoms with van der Waals surface area (Å²) in [4.78, 5) is 16.1. The summed E-state index contributed by atoms with van der Waals surface area (Å²) in [6.07, 6.45) is 4.78. The number of carbonyl (C=O) groups is 1. The lowest BCUT2D eigenvalue weighted by Gasteiger charge is -2.29. The lowest BCUT2D eigenvalue weighted by molar-refractivity contribution is 0.164. The summed E-state index contributed by atoms with van der Waals surface area (Å²) >= 11 is 0. The highest BCUT2D eigenvalue weighted by Gasteiger charge is 2.39. The number of nitrogens with one attached hydrogen (secondary N) is 2. The van der Waals surface area contributed by atoms with Crippen LogP contribution in [0, 0.1) is 0 Å². The number of aromatic nitrogens is 1. The third-order valence-electron chi connectivity index (χ3n) is 3.91. The van der Waals surface area contributed by atoms with Crippen molar-refractivity contribution in [3.63, 3.8) is 0 Å². The van der Waals surface area contributed by atoms with E-state index in [1.807, 2.05) is 24.3 Å². The van der Waals surface area contributed by atoms with Crippen molar-refractivity contribution >= 4 is 11.7 Å². The number of urea groups is 1. The normalized spacial score (nSPS) is 19.9. The van der Waals surface area contributed by atoms with Crippen LogP contribution in [0.2, 0.25) is 0 Å². The van der Waals surface area contributed by atoms with Gasteiger partial charge in [-0.25, -0.2) is 4.79 Å². The number of rotatable bonds is 3. The van der Waals surface area contributed by atoms with Gasteiger partial charge in [-0.3, -0.25) is 4.98 Å². The highest BCUT2D eigenvalue weighted by Crippen LogP contribution is 2.36. The topological polar surface area (TPSA) is 74.2 Å². The highest BCUT2D eigenvalue weighted by atomic mass is 16.3. The molecule has 1 aliphatic carbocycles. The van der Waals surface area contributed by atoms with Gasteiger partial charge in [0, 0.05) is 18.1 Å². The van der Waals surface area contributed by atoms with Gasteiger partial charge in [0.05, 0.1) is 12.1 Å². The van der Waals surface area contributed by atoms with E-state index in [1.54, 1.807) is 24.5 Å². The van der Waals surface area contributed by atoms with Crippen LogP contribution in [-0.4, -0.2) is 22.7 Å². The first kappa shape index (κ1) is 13.6. The first-order chi connectivity index (χ1) is 10.2. The van der Waals surface area contributed by atoms with E-state index in [0.29, 0.717) is 12.1 Å². The van der Waals surface area contributed by atoms with Crippen molar-refractivity contribution in [2.75, 3.05) is 11.9 Å². The Balaban J connectivity index is 1.78. The van der Waals surface area contributed by atoms with Crippen LogP contribution in [-0.2, 0) is 12.0 Å². The van der Waals surface area contributed by atoms with E-state index in [-0.39, 0.29) is 12.6 Å². The molecule has 0 spiro atoms. The molecular weight excluding hydrogens is 266 g/mol. The monoisotopic (exact) mass is 283 g/mol. The Morgan fingerprint density at radius 1 is 1.24 bits per heavy atom. The van der Waals surface area contributed by atoms with E-state index in [2.05, 4.69) is 15.6 Å². The molecule has 3 N–H and O–H groups in total. The number of benzene rings is 1. The Hall–Kier alpha value is -2.40. The van der Waals surface area contributed by atoms with Crippen molar-refractivity contribution < 1.29 is 9.90 Å². The third-order valence-corrected chi connectivity index (χ3v) is 3.91. The van der Waals surface area contributed by atoms with Gasteiger partial charge in [-0.05, 0) is 36.1 Å². The lowest BCUT2D eigenvalue weighted by atomic mass is 9.93. The van der Waals surface area contributed by atoms with Gasteiger partial charge in [0.25, 0.3) is 0 Å². The largest absolute Gasteiger partial charge is 0.394 e. The van der Waals surface area contributed by atoms with E-state index in [0.717, 1.165) is 12.0 Å². The van der Waals surface area contributed by atoms with Crippen LogP contribution in [0.3, 0.4) is 0 Å². The molecule has 0 saturated heterocycles. The molecule has 0 fully saturated rings. The summed E-state index contributed by atoms with van der Waals surface area (Å²) < 4.78 is 0. The zero-order valence-corrected chi connectivity index (χ0v) is 11.5. The van der Waals surface area contributed by atoms with Gasteiger partial charge in [0.2, 0.25) is 0 Å². The molecule has 1 aliphatic rings. The maximum Gasteiger partial charge on any atom is 0.320 e. The van der Waals surface area contributed by atoms with E-state index >= 15 is 0 Å². The summed E-state index contributed by atoms with van der Waals surface area (Å²) in [5, 5.41) is 15.5. The number of pyridine rings is 1. The summed E-state index contributed by atoms with van der Waals surface area (Å²) in [6, 6.07) is 11.0. The number of aliphatic hydroxyl groups is 1. The Bertz CT molecular complexity index is 645. The van der Waals surface area contributed by atoms with Crippen molar-refractivity contribution in [3.05, 3.63) is 59.9 Å². The van der Waals surface area contributed by atoms with Crippen LogP contribution in [0.25, 0.3) is 0 Å². The molecule has 108 valence electrons. The van der Waals surface area contributed by atoms with Gasteiger partial charge in [0.1, 0.15) is 0 Å². The average molecular weight is 283 g/mol. The van der Waals surface area contributed by atoms with Crippen molar-refractivity contribution in [2.45, 2.75) is 18.4 Å². The molecule has 1 aromatic heterocycles. The maximum atomic E-state index is 12.2. The van der Waals surface area contributed by atoms with Gasteiger partial charge in [-0.1, -0.05) is 24.3 Å². The number of aryl methyl sites for hydroxylation is 1. The van der Waals surface area contributed by atoms with Crippen LogP contribution >= 0.6 is 0 Å². The molecule has 2 aromatic rings. The molecule has 0 saturated carbocycles. The SMILES string of the molecule is O=C(Nc1ccncc1)NC1(CO)CCc2ccccc21. The number of hydrogen-bond acceptors (Lipinski definition) is 3. The van der Waals surface area contributed by atoms with Crippen LogP contribution in [0.15, 0.2) is 48.8 Å². The van der Waals surface area contributed by atoms with Crippen molar-refractivity contribution in [1.29, 1.82) is 0 Å². The number of amides is 2. The second kappa shape index (κ2) is 5.54. The second-order valence-electron chi connectivity index (χ2n) is 5.21. The molecule has 0 radical (unpaired) electrons. The van der Waals surface area contributed by atoms with Gasteiger partial charge in [-0.2, -0.15) is 0 Å². The first-order valence-electron chi connectivity index (χ1n) is 6.92. The average Bonchev–Trinajstić information content (AvgIpc) is 2.88. The number of fused-ring (bicyclic) bond motifs is 1. The smallest absolute Gasteiger partial charge is 0.320 e. The predicted octanol–water partition coefficient (Wildman–Crippen LogP) is 2.04. The van der Waals surface area contributed by atoms with Crippen molar-refractivity contribution in [1.82, 2.24) is 10.3 Å². The molecule has 5 nitrogen and oxygen atoms in total. The quantitative estimate of drug-likeness (QED) is 0.807. The highest BCUT2D eigenvalue weighted by molar-refractivity contribution is 5.89. The number of carbonyl (C=O) groups excluding carboxylic acids is 1. The molecule has 5 heteroatoms. The molecule has 1 unspecified atom stereocenters. The minimum atomic E-state index is -0.701. The molecule has 1 atom stereocenters. The lowest BCUT2D eigenvalue weighted by Crippen LogP contribution is -2.48. The molecule has 1 aromatic carbocycles. The number of nitrogens with zero attached hydrogens (tertiary/aromatic N) is 1. The minimum Gasteiger partial charge on any atom is -0.394 e. The fourth-order valence-electron chi connectivity index (χ4n) is 2.84. The van der Waals surface area contributed by atoms with Crippen LogP contribution in [0.4, 0.5) is 10.5 Å². The Kier molecular flexibility index (Phi) is 3.58. The standard InChI is InChI=1S/C16H17N3O2/c20-11-16(8-5-12-3-1-2-4-14(12)16)19-15(21)18-13-6-9-17-10-7-13/h1-4,6-7,9-10,20H,5,8,11H2,(H2,17,18,19,21). The van der Waals surface area contributed by atoms with E-state index in [9.17, 15) is 9.90 Å². The number of hydrogen-bond donors (Lipinski definition) is 3. The Labute approximate surface area is 123 Å². The first-order valence-corrected chi connectivity index (χ1v) is 6.92. The summed E-state index contributed by atoms with van der Waals surface area (Å²) in [6.45, 7) is -0.117. The van der Waals surface area contributed by atoms with Crippen molar-refractivity contribution in [3.8, 4) is 0 Å². The molecule has 3 rings (SSSR count). The molecule has 21 heavy (non-hydrogen) atoms. The van der Waals surface area contributed by atoms with E-state index in [4.69, 9.17) is 0 Å². The van der Waals surface area contributed by atoms with Gasteiger partial charge in [0.15, 0.2) is 0 Å². The fraction of sp³-hybridized carbons (Fsp3) is 0.250. The molecule has 0 aliphatic heterocycles.